The van der Waals surface area contributed by atoms with Crippen molar-refractivity contribution < 1.29 is 25.8 Å². The van der Waals surface area contributed by atoms with Gasteiger partial charge < -0.3 is 0 Å². The number of benzene rings is 9. The monoisotopic (exact) mass is 1350 g/mol. The van der Waals surface area contributed by atoms with Gasteiger partial charge in [-0.3, -0.25) is 0 Å². The maximum atomic E-state index is 7.32. The van der Waals surface area contributed by atoms with E-state index in [-0.39, 0.29) is 49.4 Å². The minimum Gasteiger partial charge on any atom is 0 e. The summed E-state index contributed by atoms with van der Waals surface area (Å²) in [6.07, 6.45) is 1.96. The van der Waals surface area contributed by atoms with Crippen molar-refractivity contribution in [2.45, 2.75) is 112 Å². The number of fused-ring (bicyclic) bond motifs is 7. The molecule has 0 radical (unpaired) electrons. The summed E-state index contributed by atoms with van der Waals surface area (Å²) < 4.78 is 15.5. The SMILES string of the molecule is CB1c2cccc[c]2[Ge]2([c]3ccccc31)[c]1cc(Oc3[c-]c(N4[CH-]N(c5c(-c6ccccc6)cc(C(C)(C)C)cc5-c5cc(C(C)(C)C)cc(C(C)(C)C)c5)c5ccccc54)ccc3)[c-]c3c1c1[c]2cccc1n3-c1cc(C(C)(C)C)ccn1.[Pt]. The van der Waals surface area contributed by atoms with Crippen LogP contribution in [0.1, 0.15) is 105 Å². The average molecular weight is 1350 g/mol. The van der Waals surface area contributed by atoms with Crippen molar-refractivity contribution in [1.82, 2.24) is 9.55 Å². The van der Waals surface area contributed by atoms with E-state index in [1.807, 2.05) is 12.3 Å². The van der Waals surface area contributed by atoms with Crippen molar-refractivity contribution in [3.63, 3.8) is 0 Å². The van der Waals surface area contributed by atoms with Crippen LogP contribution in [0.2, 0.25) is 6.82 Å². The van der Waals surface area contributed by atoms with Gasteiger partial charge in [-0.25, -0.2) is 0 Å². The Hall–Kier alpha value is -7.37. The molecule has 0 aliphatic carbocycles. The molecule has 2 aromatic heterocycles. The van der Waals surface area contributed by atoms with Crippen LogP contribution in [0.4, 0.5) is 22.7 Å². The molecule has 11 aromatic rings. The zero-order chi connectivity index (χ0) is 58.4. The summed E-state index contributed by atoms with van der Waals surface area (Å²) in [6.45, 7) is 32.7. The van der Waals surface area contributed by atoms with E-state index in [4.69, 9.17) is 9.72 Å². The van der Waals surface area contributed by atoms with Crippen molar-refractivity contribution in [2.24, 2.45) is 0 Å². The van der Waals surface area contributed by atoms with Gasteiger partial charge in [0.05, 0.1) is 0 Å². The largest absolute Gasteiger partial charge is 0 e. The summed E-state index contributed by atoms with van der Waals surface area (Å²) in [7, 11) is 0. The molecule has 5 heterocycles. The number of hydrogen-bond acceptors (Lipinski definition) is 4. The summed E-state index contributed by atoms with van der Waals surface area (Å²) in [4.78, 5) is 9.84. The molecule has 85 heavy (non-hydrogen) atoms. The summed E-state index contributed by atoms with van der Waals surface area (Å²) >= 11 is -3.76. The molecule has 0 unspecified atom stereocenters. The molecule has 426 valence electrons. The number of nitrogens with zero attached hydrogens (tertiary/aromatic N) is 4. The Morgan fingerprint density at radius 3 is 1.66 bits per heavy atom. The number of rotatable bonds is 7. The second-order valence-corrected chi connectivity index (χ2v) is 35.5. The number of ether oxygens (including phenoxy) is 1. The molecule has 3 aliphatic heterocycles. The van der Waals surface area contributed by atoms with E-state index in [2.05, 4.69) is 305 Å². The zero-order valence-electron chi connectivity index (χ0n) is 51.1. The van der Waals surface area contributed by atoms with Gasteiger partial charge in [0, 0.05) is 21.1 Å². The van der Waals surface area contributed by atoms with Gasteiger partial charge in [0.25, 0.3) is 0 Å². The average Bonchev–Trinajstić information content (AvgIpc) is 1.53. The van der Waals surface area contributed by atoms with E-state index >= 15 is 0 Å². The molecule has 0 fully saturated rings. The van der Waals surface area contributed by atoms with Gasteiger partial charge in [-0.2, -0.15) is 0 Å². The van der Waals surface area contributed by atoms with Gasteiger partial charge in [-0.05, 0) is 56.2 Å². The molecule has 9 aromatic carbocycles. The molecule has 0 atom stereocenters. The normalized spacial score (nSPS) is 14.3. The molecule has 5 nitrogen and oxygen atoms in total. The molecule has 0 saturated carbocycles. The van der Waals surface area contributed by atoms with Crippen LogP contribution in [0.15, 0.2) is 194 Å². The third-order valence-electron chi connectivity index (χ3n) is 18.2. The van der Waals surface area contributed by atoms with Crippen molar-refractivity contribution >= 4 is 93.0 Å². The third kappa shape index (κ3) is 9.18. The Morgan fingerprint density at radius 1 is 0.471 bits per heavy atom. The quantitative estimate of drug-likeness (QED) is 0.118. The molecule has 1 spiro atoms. The van der Waals surface area contributed by atoms with E-state index in [1.54, 1.807) is 0 Å². The Labute approximate surface area is 520 Å². The summed E-state index contributed by atoms with van der Waals surface area (Å²) in [5.41, 5.74) is 18.7. The smallest absolute Gasteiger partial charge is 0 e. The van der Waals surface area contributed by atoms with Crippen molar-refractivity contribution in [2.75, 3.05) is 9.80 Å². The maximum Gasteiger partial charge on any atom is 0 e. The summed E-state index contributed by atoms with van der Waals surface area (Å²) in [5.74, 6) is 2.15. The van der Waals surface area contributed by atoms with Crippen LogP contribution in [0.5, 0.6) is 11.5 Å². The van der Waals surface area contributed by atoms with E-state index < -0.39 is 13.3 Å². The standard InChI is InChI=1S/C77H72BGeN4O.Pt/c1-74(2,3)51-37-38-80-70(44-51)83-68-36-24-33-64-71(68)72-65(79(64)62-31-19-17-29-60(62)78(13)61-30-18-20-32-63(61)79)46-57(47-69(72)83)84-56-28-23-27-55(45-56)81-48-82(67-35-22-21-34-66(67)81)73-58(49-25-15-14-16-26-49)42-54(77(10,11)12)43-59(73)50-39-52(75(4,5)6)41-53(40-50)76(7,8)9;/h14-44,46,48H,1-13H3;/q-3;. The van der Waals surface area contributed by atoms with Gasteiger partial charge in [0.1, 0.15) is 0 Å². The van der Waals surface area contributed by atoms with E-state index in [9.17, 15) is 0 Å². The third-order valence-corrected chi connectivity index (χ3v) is 28.6. The van der Waals surface area contributed by atoms with E-state index in [1.165, 1.54) is 83.8 Å². The van der Waals surface area contributed by atoms with Crippen molar-refractivity contribution in [3.05, 3.63) is 235 Å². The molecular weight excluding hydrogens is 1280 g/mol. The van der Waals surface area contributed by atoms with Gasteiger partial charge in [-0.15, -0.1) is 0 Å². The molecule has 0 bridgehead atoms. The molecular formula is C77H72BGeN4OPt-3. The van der Waals surface area contributed by atoms with Gasteiger partial charge in [-0.1, -0.05) is 111 Å². The number of hydrogen-bond donors (Lipinski definition) is 0. The fraction of sp³-hybridized carbons (Fsp3) is 0.221. The Bertz CT molecular complexity index is 4400. The Kier molecular flexibility index (Phi) is 13.6. The van der Waals surface area contributed by atoms with Crippen LogP contribution in [0.3, 0.4) is 0 Å². The summed E-state index contributed by atoms with van der Waals surface area (Å²) in [6, 6.07) is 78.4. The second kappa shape index (κ2) is 20.4. The summed E-state index contributed by atoms with van der Waals surface area (Å²) in [5, 5.41) is 2.58. The first kappa shape index (κ1) is 56.7. The van der Waals surface area contributed by atoms with Crippen LogP contribution in [-0.2, 0) is 42.7 Å². The second-order valence-electron chi connectivity index (χ2n) is 27.8. The van der Waals surface area contributed by atoms with Crippen molar-refractivity contribution in [1.29, 1.82) is 0 Å². The van der Waals surface area contributed by atoms with Gasteiger partial charge >= 0.3 is 337 Å². The van der Waals surface area contributed by atoms with Crippen LogP contribution in [0.25, 0.3) is 49.9 Å². The Balaban J connectivity index is 0.00000672. The van der Waals surface area contributed by atoms with E-state index in [0.29, 0.717) is 11.5 Å². The number of para-hydroxylation sites is 2. The molecule has 0 amide bonds. The van der Waals surface area contributed by atoms with Crippen LogP contribution < -0.4 is 43.0 Å². The topological polar surface area (TPSA) is 33.5 Å². The van der Waals surface area contributed by atoms with E-state index in [0.717, 1.165) is 39.6 Å². The Morgan fingerprint density at radius 2 is 1.02 bits per heavy atom. The maximum absolute atomic E-state index is 7.32. The molecule has 0 saturated heterocycles. The molecule has 8 heteroatoms. The fourth-order valence-corrected chi connectivity index (χ4v) is 26.0. The first-order valence-corrected chi connectivity index (χ1v) is 34.1. The van der Waals surface area contributed by atoms with Crippen LogP contribution in [0, 0.1) is 18.8 Å². The molecule has 14 rings (SSSR count). The molecule has 0 N–H and O–H groups in total. The fourth-order valence-electron chi connectivity index (χ4n) is 13.7. The number of aromatic nitrogens is 2. The minimum atomic E-state index is -3.76. The number of pyridine rings is 1. The predicted octanol–water partition coefficient (Wildman–Crippen LogP) is 15.7. The van der Waals surface area contributed by atoms with Crippen molar-refractivity contribution in [3.8, 4) is 39.6 Å². The molecule has 3 aliphatic rings. The predicted molar refractivity (Wildman–Crippen MR) is 358 cm³/mol. The minimum absolute atomic E-state index is 0. The first-order valence-electron chi connectivity index (χ1n) is 29.9. The first-order chi connectivity index (χ1) is 40.1. The number of anilines is 4. The van der Waals surface area contributed by atoms with Crippen LogP contribution >= 0.6 is 0 Å². The zero-order valence-corrected chi connectivity index (χ0v) is 55.5. The van der Waals surface area contributed by atoms with Crippen LogP contribution in [-0.4, -0.2) is 29.5 Å². The van der Waals surface area contributed by atoms with Gasteiger partial charge in [0.2, 0.25) is 0 Å². The van der Waals surface area contributed by atoms with Gasteiger partial charge in [0.15, 0.2) is 0 Å².